The molecule has 0 radical (unpaired) electrons. The summed E-state index contributed by atoms with van der Waals surface area (Å²) >= 11 is 0. The zero-order valence-electron chi connectivity index (χ0n) is 14.3. The highest BCUT2D eigenvalue weighted by molar-refractivity contribution is 5.92. The van der Waals surface area contributed by atoms with Crippen LogP contribution in [0.15, 0.2) is 29.1 Å². The Labute approximate surface area is 144 Å². The molecule has 3 heterocycles. The fraction of sp³-hybridized carbons (Fsp3) is 0.389. The summed E-state index contributed by atoms with van der Waals surface area (Å²) in [5, 5.41) is 5.29. The van der Waals surface area contributed by atoms with Crippen molar-refractivity contribution in [3.8, 4) is 17.0 Å². The van der Waals surface area contributed by atoms with E-state index in [1.54, 1.807) is 14.0 Å². The van der Waals surface area contributed by atoms with E-state index in [0.717, 1.165) is 18.4 Å². The predicted octanol–water partition coefficient (Wildman–Crippen LogP) is 2.46. The third-order valence-electron chi connectivity index (χ3n) is 4.58. The van der Waals surface area contributed by atoms with Gasteiger partial charge in [0.2, 0.25) is 0 Å². The van der Waals surface area contributed by atoms with Gasteiger partial charge >= 0.3 is 0 Å². The Balaban J connectivity index is 2.00. The molecular formula is C18H20N4O3. The van der Waals surface area contributed by atoms with Gasteiger partial charge in [-0.25, -0.2) is 9.67 Å². The van der Waals surface area contributed by atoms with E-state index in [-0.39, 0.29) is 11.6 Å². The molecule has 4 rings (SSSR count). The number of aryl methyl sites for hydroxylation is 1. The average molecular weight is 340 g/mol. The predicted molar refractivity (Wildman–Crippen MR) is 94.0 cm³/mol. The van der Waals surface area contributed by atoms with E-state index in [9.17, 15) is 4.79 Å². The zero-order chi connectivity index (χ0) is 17.4. The highest BCUT2D eigenvalue weighted by Crippen LogP contribution is 2.34. The van der Waals surface area contributed by atoms with Gasteiger partial charge in [0.25, 0.3) is 5.56 Å². The van der Waals surface area contributed by atoms with Crippen molar-refractivity contribution < 1.29 is 9.47 Å². The van der Waals surface area contributed by atoms with Crippen molar-refractivity contribution in [2.24, 2.45) is 0 Å². The lowest BCUT2D eigenvalue weighted by Gasteiger charge is -2.22. The molecule has 0 aliphatic carbocycles. The molecule has 25 heavy (non-hydrogen) atoms. The van der Waals surface area contributed by atoms with Crippen molar-refractivity contribution in [2.75, 3.05) is 20.3 Å². The quantitative estimate of drug-likeness (QED) is 0.792. The second-order valence-electron chi connectivity index (χ2n) is 6.19. The highest BCUT2D eigenvalue weighted by atomic mass is 16.5. The van der Waals surface area contributed by atoms with E-state index in [0.29, 0.717) is 41.5 Å². The van der Waals surface area contributed by atoms with Crippen LogP contribution in [-0.2, 0) is 4.74 Å². The molecule has 0 bridgehead atoms. The van der Waals surface area contributed by atoms with E-state index in [1.165, 1.54) is 0 Å². The molecule has 0 amide bonds. The number of hydrogen-bond acceptors (Lipinski definition) is 5. The van der Waals surface area contributed by atoms with Crippen molar-refractivity contribution in [3.05, 3.63) is 40.4 Å². The van der Waals surface area contributed by atoms with Crippen LogP contribution in [0.2, 0.25) is 0 Å². The number of nitrogens with zero attached hydrogens (tertiary/aromatic N) is 3. The molecule has 1 saturated heterocycles. The van der Waals surface area contributed by atoms with E-state index < -0.39 is 0 Å². The zero-order valence-corrected chi connectivity index (χ0v) is 14.3. The molecule has 1 aliphatic rings. The summed E-state index contributed by atoms with van der Waals surface area (Å²) in [5.41, 5.74) is 1.83. The monoisotopic (exact) mass is 340 g/mol. The van der Waals surface area contributed by atoms with Gasteiger partial charge in [-0.2, -0.15) is 5.10 Å². The molecule has 1 aromatic carbocycles. The van der Waals surface area contributed by atoms with Crippen LogP contribution in [0, 0.1) is 6.92 Å². The Kier molecular flexibility index (Phi) is 4.01. The summed E-state index contributed by atoms with van der Waals surface area (Å²) < 4.78 is 12.8. The molecule has 0 spiro atoms. The molecule has 1 aliphatic heterocycles. The second kappa shape index (κ2) is 6.33. The molecule has 7 heteroatoms. The first-order valence-electron chi connectivity index (χ1n) is 8.39. The number of fused-ring (bicyclic) bond motifs is 1. The smallest absolute Gasteiger partial charge is 0.262 e. The third kappa shape index (κ3) is 2.70. The van der Waals surface area contributed by atoms with Crippen LogP contribution in [0.25, 0.3) is 22.3 Å². The minimum Gasteiger partial charge on any atom is -0.496 e. The summed E-state index contributed by atoms with van der Waals surface area (Å²) in [6.45, 7) is 3.17. The number of rotatable bonds is 3. The molecule has 1 N–H and O–H groups in total. The Morgan fingerprint density at radius 1 is 1.28 bits per heavy atom. The Hall–Kier alpha value is -2.67. The van der Waals surface area contributed by atoms with E-state index in [4.69, 9.17) is 14.6 Å². The minimum atomic E-state index is -0.179. The SMILES string of the molecule is COc1ccccc1-c1nn(C2CCOCC2)c2nc(C)[nH]c(=O)c12. The van der Waals surface area contributed by atoms with Crippen molar-refractivity contribution in [2.45, 2.75) is 25.8 Å². The molecule has 130 valence electrons. The maximum absolute atomic E-state index is 12.7. The van der Waals surface area contributed by atoms with Crippen molar-refractivity contribution in [3.63, 3.8) is 0 Å². The molecular weight excluding hydrogens is 320 g/mol. The number of para-hydroxylation sites is 1. The first-order valence-corrected chi connectivity index (χ1v) is 8.39. The number of benzene rings is 1. The minimum absolute atomic E-state index is 0.174. The first kappa shape index (κ1) is 15.8. The van der Waals surface area contributed by atoms with Crippen LogP contribution in [-0.4, -0.2) is 40.1 Å². The number of methoxy groups -OCH3 is 1. The van der Waals surface area contributed by atoms with Gasteiger partial charge in [0, 0.05) is 18.8 Å². The number of aromatic amines is 1. The molecule has 0 unspecified atom stereocenters. The van der Waals surface area contributed by atoms with Crippen molar-refractivity contribution in [1.82, 2.24) is 19.7 Å². The number of hydrogen-bond donors (Lipinski definition) is 1. The molecule has 3 aromatic rings. The van der Waals surface area contributed by atoms with Gasteiger partial charge in [-0.3, -0.25) is 4.79 Å². The Morgan fingerprint density at radius 3 is 2.80 bits per heavy atom. The first-order chi connectivity index (χ1) is 12.2. The van der Waals surface area contributed by atoms with E-state index in [2.05, 4.69) is 9.97 Å². The van der Waals surface area contributed by atoms with Crippen LogP contribution in [0.3, 0.4) is 0 Å². The summed E-state index contributed by atoms with van der Waals surface area (Å²) in [6.07, 6.45) is 1.71. The van der Waals surface area contributed by atoms with Crippen LogP contribution in [0.5, 0.6) is 5.75 Å². The van der Waals surface area contributed by atoms with Gasteiger partial charge in [-0.1, -0.05) is 12.1 Å². The van der Waals surface area contributed by atoms with Crippen LogP contribution < -0.4 is 10.3 Å². The lowest BCUT2D eigenvalue weighted by molar-refractivity contribution is 0.0674. The van der Waals surface area contributed by atoms with E-state index >= 15 is 0 Å². The van der Waals surface area contributed by atoms with Gasteiger partial charge in [0.1, 0.15) is 22.7 Å². The molecule has 2 aromatic heterocycles. The molecule has 7 nitrogen and oxygen atoms in total. The number of H-pyrrole nitrogens is 1. The maximum Gasteiger partial charge on any atom is 0.262 e. The van der Waals surface area contributed by atoms with Gasteiger partial charge in [-0.15, -0.1) is 0 Å². The summed E-state index contributed by atoms with van der Waals surface area (Å²) in [5.74, 6) is 1.26. The summed E-state index contributed by atoms with van der Waals surface area (Å²) in [4.78, 5) is 20.0. The average Bonchev–Trinajstić information content (AvgIpc) is 3.02. The fourth-order valence-corrected chi connectivity index (χ4v) is 3.37. The second-order valence-corrected chi connectivity index (χ2v) is 6.19. The van der Waals surface area contributed by atoms with Crippen LogP contribution in [0.1, 0.15) is 24.7 Å². The Morgan fingerprint density at radius 2 is 2.04 bits per heavy atom. The Bertz CT molecular complexity index is 970. The molecule has 1 fully saturated rings. The van der Waals surface area contributed by atoms with Gasteiger partial charge in [0.15, 0.2) is 5.65 Å². The van der Waals surface area contributed by atoms with Crippen LogP contribution in [0.4, 0.5) is 0 Å². The van der Waals surface area contributed by atoms with Crippen molar-refractivity contribution in [1.29, 1.82) is 0 Å². The standard InChI is InChI=1S/C18H20N4O3/c1-11-19-17-15(18(23)20-11)16(13-5-3-4-6-14(13)24-2)21-22(17)12-7-9-25-10-8-12/h3-6,12H,7-10H2,1-2H3,(H,19,20,23). The summed E-state index contributed by atoms with van der Waals surface area (Å²) in [6, 6.07) is 7.76. The molecule has 0 atom stereocenters. The van der Waals surface area contributed by atoms with Crippen LogP contribution >= 0.6 is 0 Å². The lowest BCUT2D eigenvalue weighted by Crippen LogP contribution is -2.21. The maximum atomic E-state index is 12.7. The van der Waals surface area contributed by atoms with Gasteiger partial charge in [0.05, 0.1) is 13.2 Å². The normalized spacial score (nSPS) is 15.6. The van der Waals surface area contributed by atoms with Gasteiger partial charge in [-0.05, 0) is 31.9 Å². The molecule has 0 saturated carbocycles. The third-order valence-corrected chi connectivity index (χ3v) is 4.58. The highest BCUT2D eigenvalue weighted by Gasteiger charge is 2.25. The fourth-order valence-electron chi connectivity index (χ4n) is 3.37. The van der Waals surface area contributed by atoms with Gasteiger partial charge < -0.3 is 14.5 Å². The lowest BCUT2D eigenvalue weighted by atomic mass is 10.1. The van der Waals surface area contributed by atoms with Crippen molar-refractivity contribution >= 4 is 11.0 Å². The number of ether oxygens (including phenoxy) is 2. The largest absolute Gasteiger partial charge is 0.496 e. The number of nitrogens with one attached hydrogen (secondary N) is 1. The number of aromatic nitrogens is 4. The topological polar surface area (TPSA) is 82.0 Å². The summed E-state index contributed by atoms with van der Waals surface area (Å²) in [7, 11) is 1.61. The van der Waals surface area contributed by atoms with E-state index in [1.807, 2.05) is 28.9 Å².